The first kappa shape index (κ1) is 14.1. The van der Waals surface area contributed by atoms with Crippen LogP contribution in [0.4, 0.5) is 8.78 Å². The van der Waals surface area contributed by atoms with E-state index in [0.717, 1.165) is 6.20 Å². The Morgan fingerprint density at radius 3 is 2.70 bits per heavy atom. The van der Waals surface area contributed by atoms with Crippen LogP contribution in [0.2, 0.25) is 0 Å². The van der Waals surface area contributed by atoms with Crippen molar-refractivity contribution in [3.05, 3.63) is 65.0 Å². The van der Waals surface area contributed by atoms with Gasteiger partial charge in [-0.15, -0.1) is 0 Å². The molecule has 1 amide bonds. The van der Waals surface area contributed by atoms with Gasteiger partial charge in [-0.25, -0.2) is 8.78 Å². The summed E-state index contributed by atoms with van der Waals surface area (Å²) in [5, 5.41) is 2.46. The molecule has 4 nitrogen and oxygen atoms in total. The van der Waals surface area contributed by atoms with E-state index in [1.165, 1.54) is 18.3 Å². The average molecular weight is 277 g/mol. The lowest BCUT2D eigenvalue weighted by Gasteiger charge is -2.08. The van der Waals surface area contributed by atoms with E-state index < -0.39 is 17.5 Å². The summed E-state index contributed by atoms with van der Waals surface area (Å²) in [5.74, 6) is -1.79. The normalized spacial score (nSPS) is 10.3. The van der Waals surface area contributed by atoms with Crippen LogP contribution in [0.15, 0.2) is 36.7 Å². The first-order chi connectivity index (χ1) is 9.61. The Morgan fingerprint density at radius 2 is 2.05 bits per heavy atom. The fourth-order valence-electron chi connectivity index (χ4n) is 1.69. The van der Waals surface area contributed by atoms with Crippen LogP contribution in [0.5, 0.6) is 0 Å². The molecule has 1 aromatic heterocycles. The van der Waals surface area contributed by atoms with Crippen LogP contribution < -0.4 is 11.1 Å². The van der Waals surface area contributed by atoms with E-state index >= 15 is 0 Å². The molecule has 3 N–H and O–H groups in total. The van der Waals surface area contributed by atoms with E-state index in [9.17, 15) is 13.6 Å². The van der Waals surface area contributed by atoms with E-state index in [4.69, 9.17) is 5.73 Å². The molecule has 1 aromatic carbocycles. The number of nitrogens with one attached hydrogen (secondary N) is 1. The summed E-state index contributed by atoms with van der Waals surface area (Å²) in [7, 11) is 0. The minimum Gasteiger partial charge on any atom is -0.348 e. The number of aromatic nitrogens is 1. The number of carbonyl (C=O) groups is 1. The van der Waals surface area contributed by atoms with Gasteiger partial charge in [0.05, 0.1) is 11.8 Å². The van der Waals surface area contributed by atoms with Crippen molar-refractivity contribution < 1.29 is 13.6 Å². The molecule has 104 valence electrons. The maximum Gasteiger partial charge on any atom is 0.254 e. The average Bonchev–Trinajstić information content (AvgIpc) is 2.46. The van der Waals surface area contributed by atoms with E-state index in [1.54, 1.807) is 12.1 Å². The zero-order valence-corrected chi connectivity index (χ0v) is 10.6. The summed E-state index contributed by atoms with van der Waals surface area (Å²) < 4.78 is 27.0. The number of pyridine rings is 1. The predicted molar refractivity (Wildman–Crippen MR) is 69.7 cm³/mol. The van der Waals surface area contributed by atoms with Gasteiger partial charge in [-0.3, -0.25) is 9.78 Å². The van der Waals surface area contributed by atoms with Crippen LogP contribution in [0.25, 0.3) is 0 Å². The van der Waals surface area contributed by atoms with Gasteiger partial charge in [0.15, 0.2) is 5.82 Å². The standard InChI is InChI=1S/C14H13F2N3O/c15-12-5-9(6-17)1-2-10(12)7-19-14(20)11-3-4-18-8-13(11)16/h1-5,8H,6-7,17H2,(H,19,20). The topological polar surface area (TPSA) is 68.0 Å². The second kappa shape index (κ2) is 6.21. The van der Waals surface area contributed by atoms with Crippen LogP contribution in [-0.2, 0) is 13.1 Å². The van der Waals surface area contributed by atoms with E-state index in [-0.39, 0.29) is 18.7 Å². The molecule has 0 radical (unpaired) electrons. The van der Waals surface area contributed by atoms with Gasteiger partial charge in [0, 0.05) is 24.8 Å². The molecule has 0 saturated heterocycles. The molecular weight excluding hydrogens is 264 g/mol. The number of benzene rings is 1. The lowest BCUT2D eigenvalue weighted by molar-refractivity contribution is 0.0946. The number of nitrogens with zero attached hydrogens (tertiary/aromatic N) is 1. The molecule has 0 spiro atoms. The van der Waals surface area contributed by atoms with Gasteiger partial charge < -0.3 is 11.1 Å². The van der Waals surface area contributed by atoms with Crippen molar-refractivity contribution in [1.29, 1.82) is 0 Å². The molecule has 2 aromatic rings. The highest BCUT2D eigenvalue weighted by atomic mass is 19.1. The molecule has 0 aliphatic heterocycles. The Morgan fingerprint density at radius 1 is 1.25 bits per heavy atom. The fraction of sp³-hybridized carbons (Fsp3) is 0.143. The predicted octanol–water partition coefficient (Wildman–Crippen LogP) is 1.75. The molecule has 0 bridgehead atoms. The van der Waals surface area contributed by atoms with Gasteiger partial charge in [-0.2, -0.15) is 0 Å². The SMILES string of the molecule is NCc1ccc(CNC(=O)c2ccncc2F)c(F)c1. The van der Waals surface area contributed by atoms with Gasteiger partial charge >= 0.3 is 0 Å². The Kier molecular flexibility index (Phi) is 4.37. The highest BCUT2D eigenvalue weighted by molar-refractivity contribution is 5.94. The van der Waals surface area contributed by atoms with Gasteiger partial charge in [0.1, 0.15) is 5.82 Å². The molecular formula is C14H13F2N3O. The molecule has 0 unspecified atom stereocenters. The number of carbonyl (C=O) groups excluding carboxylic acids is 1. The minimum absolute atomic E-state index is 0.0305. The fourth-order valence-corrected chi connectivity index (χ4v) is 1.69. The maximum atomic E-state index is 13.7. The van der Waals surface area contributed by atoms with Crippen molar-refractivity contribution in [3.8, 4) is 0 Å². The summed E-state index contributed by atoms with van der Waals surface area (Å²) in [6.07, 6.45) is 2.26. The van der Waals surface area contributed by atoms with Crippen LogP contribution >= 0.6 is 0 Å². The third-order valence-electron chi connectivity index (χ3n) is 2.81. The maximum absolute atomic E-state index is 13.7. The Balaban J connectivity index is 2.06. The third kappa shape index (κ3) is 3.16. The molecule has 1 heterocycles. The molecule has 0 fully saturated rings. The van der Waals surface area contributed by atoms with E-state index in [2.05, 4.69) is 10.3 Å². The Bertz CT molecular complexity index is 632. The summed E-state index contributed by atoms with van der Waals surface area (Å²) in [6.45, 7) is 0.211. The van der Waals surface area contributed by atoms with Crippen LogP contribution in [0, 0.1) is 11.6 Å². The monoisotopic (exact) mass is 277 g/mol. The van der Waals surface area contributed by atoms with Crippen molar-refractivity contribution in [1.82, 2.24) is 10.3 Å². The highest BCUT2D eigenvalue weighted by Crippen LogP contribution is 2.11. The lowest BCUT2D eigenvalue weighted by Crippen LogP contribution is -2.24. The van der Waals surface area contributed by atoms with Crippen LogP contribution in [0.1, 0.15) is 21.5 Å². The second-order valence-corrected chi connectivity index (χ2v) is 4.17. The molecule has 2 rings (SSSR count). The second-order valence-electron chi connectivity index (χ2n) is 4.17. The first-order valence-corrected chi connectivity index (χ1v) is 5.97. The smallest absolute Gasteiger partial charge is 0.254 e. The van der Waals surface area contributed by atoms with E-state index in [0.29, 0.717) is 11.1 Å². The Labute approximate surface area is 114 Å². The Hall–Kier alpha value is -2.34. The summed E-state index contributed by atoms with van der Waals surface area (Å²) in [4.78, 5) is 15.3. The van der Waals surface area contributed by atoms with Crippen LogP contribution in [0.3, 0.4) is 0 Å². The zero-order valence-electron chi connectivity index (χ0n) is 10.6. The van der Waals surface area contributed by atoms with Crippen molar-refractivity contribution in [3.63, 3.8) is 0 Å². The summed E-state index contributed by atoms with van der Waals surface area (Å²) in [5.41, 5.74) is 6.25. The van der Waals surface area contributed by atoms with Crippen molar-refractivity contribution in [2.75, 3.05) is 0 Å². The number of amides is 1. The zero-order chi connectivity index (χ0) is 14.5. The molecule has 0 aliphatic rings. The summed E-state index contributed by atoms with van der Waals surface area (Å²) >= 11 is 0. The number of hydrogen-bond acceptors (Lipinski definition) is 3. The third-order valence-corrected chi connectivity index (χ3v) is 2.81. The molecule has 6 heteroatoms. The molecule has 0 saturated carbocycles. The minimum atomic E-state index is -0.719. The number of rotatable bonds is 4. The molecule has 20 heavy (non-hydrogen) atoms. The summed E-state index contributed by atoms with van der Waals surface area (Å²) in [6, 6.07) is 5.80. The van der Waals surface area contributed by atoms with Crippen molar-refractivity contribution in [2.45, 2.75) is 13.1 Å². The van der Waals surface area contributed by atoms with Crippen LogP contribution in [-0.4, -0.2) is 10.9 Å². The molecule has 0 aliphatic carbocycles. The molecule has 0 atom stereocenters. The van der Waals surface area contributed by atoms with Crippen molar-refractivity contribution >= 4 is 5.91 Å². The van der Waals surface area contributed by atoms with Crippen molar-refractivity contribution in [2.24, 2.45) is 5.73 Å². The highest BCUT2D eigenvalue weighted by Gasteiger charge is 2.12. The van der Waals surface area contributed by atoms with Gasteiger partial charge in [-0.05, 0) is 17.7 Å². The number of nitrogens with two attached hydrogens (primary N) is 1. The van der Waals surface area contributed by atoms with Gasteiger partial charge in [0.2, 0.25) is 0 Å². The first-order valence-electron chi connectivity index (χ1n) is 5.97. The van der Waals surface area contributed by atoms with Gasteiger partial charge in [0.25, 0.3) is 5.91 Å². The number of halogens is 2. The van der Waals surface area contributed by atoms with Gasteiger partial charge in [-0.1, -0.05) is 12.1 Å². The number of hydrogen-bond donors (Lipinski definition) is 2. The largest absolute Gasteiger partial charge is 0.348 e. The van der Waals surface area contributed by atoms with E-state index in [1.807, 2.05) is 0 Å². The lowest BCUT2D eigenvalue weighted by atomic mass is 10.1. The quantitative estimate of drug-likeness (QED) is 0.894.